The smallest absolute Gasteiger partial charge is 0.251 e. The predicted octanol–water partition coefficient (Wildman–Crippen LogP) is 3.36. The summed E-state index contributed by atoms with van der Waals surface area (Å²) in [6, 6.07) is 5.15. The van der Waals surface area contributed by atoms with E-state index in [1.807, 2.05) is 23.9 Å². The van der Waals surface area contributed by atoms with E-state index in [2.05, 4.69) is 17.5 Å². The van der Waals surface area contributed by atoms with E-state index in [0.29, 0.717) is 36.0 Å². The summed E-state index contributed by atoms with van der Waals surface area (Å²) in [7, 11) is 3.92. The van der Waals surface area contributed by atoms with Gasteiger partial charge < -0.3 is 19.9 Å². The number of benzene rings is 1. The number of halogens is 1. The minimum atomic E-state index is -0.144. The van der Waals surface area contributed by atoms with Crippen LogP contribution in [0.2, 0.25) is 5.02 Å². The molecule has 0 saturated carbocycles. The van der Waals surface area contributed by atoms with Crippen LogP contribution in [0.1, 0.15) is 42.5 Å². The van der Waals surface area contributed by atoms with Crippen LogP contribution in [0.15, 0.2) is 30.4 Å². The second kappa shape index (κ2) is 10.8. The second-order valence-corrected chi connectivity index (χ2v) is 8.74. The molecule has 30 heavy (non-hydrogen) atoms. The second-order valence-electron chi connectivity index (χ2n) is 8.33. The quantitative estimate of drug-likeness (QED) is 0.670. The molecule has 7 heteroatoms. The van der Waals surface area contributed by atoms with Gasteiger partial charge in [-0.15, -0.1) is 0 Å². The molecular weight excluding hydrogens is 402 g/mol. The number of hydrogen-bond acceptors (Lipinski definition) is 4. The van der Waals surface area contributed by atoms with Crippen LogP contribution >= 0.6 is 11.6 Å². The Kier molecular flexibility index (Phi) is 8.16. The molecule has 1 aromatic rings. The molecule has 0 bridgehead atoms. The lowest BCUT2D eigenvalue weighted by Crippen LogP contribution is -2.44. The van der Waals surface area contributed by atoms with E-state index in [-0.39, 0.29) is 23.8 Å². The number of likely N-dealkylation sites (tertiary alicyclic amines) is 1. The summed E-state index contributed by atoms with van der Waals surface area (Å²) in [6.45, 7) is 2.79. The van der Waals surface area contributed by atoms with Crippen molar-refractivity contribution in [2.45, 2.75) is 38.2 Å². The molecule has 2 aliphatic rings. The molecule has 1 fully saturated rings. The largest absolute Gasteiger partial charge is 0.489 e. The zero-order valence-corrected chi connectivity index (χ0v) is 18.7. The van der Waals surface area contributed by atoms with Gasteiger partial charge in [0.15, 0.2) is 0 Å². The molecule has 6 nitrogen and oxygen atoms in total. The van der Waals surface area contributed by atoms with Gasteiger partial charge in [-0.05, 0) is 51.6 Å². The van der Waals surface area contributed by atoms with Crippen molar-refractivity contribution in [3.05, 3.63) is 40.9 Å². The lowest BCUT2D eigenvalue weighted by atomic mass is 9.92. The fraction of sp³-hybridized carbons (Fsp3) is 0.565. The number of carbonyl (C=O) groups is 2. The van der Waals surface area contributed by atoms with Gasteiger partial charge in [-0.1, -0.05) is 23.8 Å². The van der Waals surface area contributed by atoms with Gasteiger partial charge in [-0.3, -0.25) is 9.59 Å². The number of rotatable bonds is 7. The summed E-state index contributed by atoms with van der Waals surface area (Å²) in [4.78, 5) is 28.9. The van der Waals surface area contributed by atoms with E-state index in [9.17, 15) is 9.59 Å². The molecule has 2 amide bonds. The first-order valence-electron chi connectivity index (χ1n) is 10.8. The highest BCUT2D eigenvalue weighted by atomic mass is 35.5. The van der Waals surface area contributed by atoms with E-state index in [1.165, 1.54) is 0 Å². The molecule has 0 radical (unpaired) electrons. The van der Waals surface area contributed by atoms with Crippen LogP contribution < -0.4 is 10.1 Å². The standard InChI is InChI=1S/C23H32ClN3O3/c1-26(2)15-12-25-22(28)18-8-9-21(20(24)16-18)30-19-10-13-27(14-11-19)23(29)17-6-4-3-5-7-17/h3-4,8-9,16-17,19H,5-7,10-15H2,1-2H3,(H,25,28). The monoisotopic (exact) mass is 433 g/mol. The molecule has 0 aromatic heterocycles. The Morgan fingerprint density at radius 1 is 1.20 bits per heavy atom. The number of allylic oxidation sites excluding steroid dienone is 2. The number of hydrogen-bond donors (Lipinski definition) is 1. The van der Waals surface area contributed by atoms with Gasteiger partial charge in [-0.2, -0.15) is 0 Å². The molecule has 1 saturated heterocycles. The third kappa shape index (κ3) is 6.22. The van der Waals surface area contributed by atoms with Crippen LogP contribution in [-0.2, 0) is 4.79 Å². The zero-order valence-electron chi connectivity index (χ0n) is 17.9. The molecule has 1 unspecified atom stereocenters. The molecule has 1 N–H and O–H groups in total. The van der Waals surface area contributed by atoms with E-state index in [1.54, 1.807) is 18.2 Å². The summed E-state index contributed by atoms with van der Waals surface area (Å²) in [5, 5.41) is 3.31. The number of amides is 2. The highest BCUT2D eigenvalue weighted by Gasteiger charge is 2.29. The number of nitrogens with zero attached hydrogens (tertiary/aromatic N) is 2. The van der Waals surface area contributed by atoms with E-state index in [0.717, 1.165) is 38.6 Å². The molecule has 1 atom stereocenters. The maximum atomic E-state index is 12.7. The van der Waals surface area contributed by atoms with Crippen molar-refractivity contribution in [1.29, 1.82) is 0 Å². The fourth-order valence-electron chi connectivity index (χ4n) is 3.88. The number of ether oxygens (including phenoxy) is 1. The third-order valence-corrected chi connectivity index (χ3v) is 6.00. The minimum Gasteiger partial charge on any atom is -0.489 e. The Labute approximate surface area is 184 Å². The van der Waals surface area contributed by atoms with E-state index >= 15 is 0 Å². The van der Waals surface area contributed by atoms with Gasteiger partial charge in [-0.25, -0.2) is 0 Å². The summed E-state index contributed by atoms with van der Waals surface area (Å²) < 4.78 is 6.09. The van der Waals surface area contributed by atoms with Crippen molar-refractivity contribution < 1.29 is 14.3 Å². The Bertz CT molecular complexity index is 773. The molecule has 0 spiro atoms. The SMILES string of the molecule is CN(C)CCNC(=O)c1ccc(OC2CCN(C(=O)C3CC=CCC3)CC2)c(Cl)c1. The van der Waals surface area contributed by atoms with Crippen LogP contribution in [0.3, 0.4) is 0 Å². The van der Waals surface area contributed by atoms with Crippen molar-refractivity contribution in [2.24, 2.45) is 5.92 Å². The van der Waals surface area contributed by atoms with Crippen LogP contribution in [-0.4, -0.2) is 68.0 Å². The topological polar surface area (TPSA) is 61.9 Å². The van der Waals surface area contributed by atoms with Gasteiger partial charge in [0, 0.05) is 50.5 Å². The van der Waals surface area contributed by atoms with E-state index < -0.39 is 0 Å². The maximum Gasteiger partial charge on any atom is 0.251 e. The summed E-state index contributed by atoms with van der Waals surface area (Å²) in [5.41, 5.74) is 0.521. The summed E-state index contributed by atoms with van der Waals surface area (Å²) in [6.07, 6.45) is 8.70. The Morgan fingerprint density at radius 2 is 1.97 bits per heavy atom. The first-order chi connectivity index (χ1) is 14.4. The summed E-state index contributed by atoms with van der Waals surface area (Å²) in [5.74, 6) is 0.858. The zero-order chi connectivity index (χ0) is 21.5. The van der Waals surface area contributed by atoms with Gasteiger partial charge in [0.1, 0.15) is 11.9 Å². The fourth-order valence-corrected chi connectivity index (χ4v) is 4.11. The van der Waals surface area contributed by atoms with Crippen LogP contribution in [0.5, 0.6) is 5.75 Å². The van der Waals surface area contributed by atoms with Gasteiger partial charge in [0.25, 0.3) is 5.91 Å². The first-order valence-corrected chi connectivity index (χ1v) is 11.1. The van der Waals surface area contributed by atoms with Crippen LogP contribution in [0.25, 0.3) is 0 Å². The lowest BCUT2D eigenvalue weighted by molar-refractivity contribution is -0.137. The molecule has 3 rings (SSSR count). The van der Waals surface area contributed by atoms with Gasteiger partial charge in [0.05, 0.1) is 5.02 Å². The van der Waals surface area contributed by atoms with Gasteiger partial charge in [0.2, 0.25) is 5.91 Å². The highest BCUT2D eigenvalue weighted by Crippen LogP contribution is 2.29. The number of carbonyl (C=O) groups excluding carboxylic acids is 2. The first kappa shape index (κ1) is 22.6. The Hall–Kier alpha value is -2.05. The number of nitrogens with one attached hydrogen (secondary N) is 1. The maximum absolute atomic E-state index is 12.7. The molecular formula is C23H32ClN3O3. The molecule has 1 aliphatic heterocycles. The average molecular weight is 434 g/mol. The molecule has 1 aromatic carbocycles. The minimum absolute atomic E-state index is 0.0255. The van der Waals surface area contributed by atoms with Crippen molar-refractivity contribution in [3.63, 3.8) is 0 Å². The van der Waals surface area contributed by atoms with Gasteiger partial charge >= 0.3 is 0 Å². The molecule has 164 valence electrons. The predicted molar refractivity (Wildman–Crippen MR) is 119 cm³/mol. The normalized spacial score (nSPS) is 19.7. The van der Waals surface area contributed by atoms with Crippen LogP contribution in [0.4, 0.5) is 0 Å². The van der Waals surface area contributed by atoms with Crippen molar-refractivity contribution >= 4 is 23.4 Å². The third-order valence-electron chi connectivity index (χ3n) is 5.70. The van der Waals surface area contributed by atoms with Crippen molar-refractivity contribution in [3.8, 4) is 5.75 Å². The number of piperidine rings is 1. The van der Waals surface area contributed by atoms with Crippen molar-refractivity contribution in [1.82, 2.24) is 15.1 Å². The lowest BCUT2D eigenvalue weighted by Gasteiger charge is -2.34. The van der Waals surface area contributed by atoms with Crippen molar-refractivity contribution in [2.75, 3.05) is 40.3 Å². The molecule has 1 aliphatic carbocycles. The van der Waals surface area contributed by atoms with Crippen LogP contribution in [0, 0.1) is 5.92 Å². The Balaban J connectivity index is 1.48. The average Bonchev–Trinajstić information content (AvgIpc) is 2.75. The molecule has 1 heterocycles. The highest BCUT2D eigenvalue weighted by molar-refractivity contribution is 6.32. The van der Waals surface area contributed by atoms with E-state index in [4.69, 9.17) is 16.3 Å². The number of likely N-dealkylation sites (N-methyl/N-ethyl adjacent to an activating group) is 1. The summed E-state index contributed by atoms with van der Waals surface area (Å²) >= 11 is 6.37. The Morgan fingerprint density at radius 3 is 2.60 bits per heavy atom.